The maximum atomic E-state index is 11.8. The standard InChI is InChI=1S/C14H14N2O4.C3H9N/c1-3-9-4-6-10(7-5-9)16-13(19)11(8(2)17)12(18)15-14(16)20;1-4(2)3/h4-7,19H,3H2,1-2H3,(H,15,18,20);1-3H3. The Morgan fingerprint density at radius 2 is 1.67 bits per heavy atom. The highest BCUT2D eigenvalue weighted by Gasteiger charge is 2.18. The van der Waals surface area contributed by atoms with Crippen LogP contribution in [-0.2, 0) is 6.42 Å². The molecule has 2 rings (SSSR count). The number of benzene rings is 1. The van der Waals surface area contributed by atoms with E-state index in [1.165, 1.54) is 0 Å². The molecule has 0 fully saturated rings. The number of aromatic amines is 1. The number of ketones is 1. The third-order valence-electron chi connectivity index (χ3n) is 3.04. The summed E-state index contributed by atoms with van der Waals surface area (Å²) in [7, 11) is 6.00. The molecule has 1 aromatic heterocycles. The van der Waals surface area contributed by atoms with Crippen molar-refractivity contribution >= 4 is 5.78 Å². The number of nitrogens with zero attached hydrogens (tertiary/aromatic N) is 2. The van der Waals surface area contributed by atoms with Crippen LogP contribution in [0.1, 0.15) is 29.8 Å². The Morgan fingerprint density at radius 1 is 1.17 bits per heavy atom. The summed E-state index contributed by atoms with van der Waals surface area (Å²) in [6.45, 7) is 3.14. The number of carbonyl (C=O) groups excluding carboxylic acids is 1. The van der Waals surface area contributed by atoms with Crippen molar-refractivity contribution in [2.24, 2.45) is 0 Å². The van der Waals surface area contributed by atoms with Crippen molar-refractivity contribution in [3.63, 3.8) is 0 Å². The average Bonchev–Trinajstić information content (AvgIpc) is 2.46. The van der Waals surface area contributed by atoms with E-state index in [0.29, 0.717) is 5.69 Å². The van der Waals surface area contributed by atoms with Crippen LogP contribution < -0.4 is 11.2 Å². The van der Waals surface area contributed by atoms with Crippen LogP contribution in [0.3, 0.4) is 0 Å². The minimum Gasteiger partial charge on any atom is -0.493 e. The summed E-state index contributed by atoms with van der Waals surface area (Å²) < 4.78 is 0.900. The van der Waals surface area contributed by atoms with Gasteiger partial charge in [0.1, 0.15) is 5.56 Å². The fraction of sp³-hybridized carbons (Fsp3) is 0.353. The molecule has 7 nitrogen and oxygen atoms in total. The zero-order valence-electron chi connectivity index (χ0n) is 14.6. The highest BCUT2D eigenvalue weighted by atomic mass is 16.3. The van der Waals surface area contributed by atoms with Crippen LogP contribution in [0.15, 0.2) is 33.9 Å². The second-order valence-electron chi connectivity index (χ2n) is 5.71. The molecule has 0 saturated carbocycles. The number of hydrogen-bond acceptors (Lipinski definition) is 5. The molecule has 0 aliphatic carbocycles. The van der Waals surface area contributed by atoms with Gasteiger partial charge in [0.15, 0.2) is 5.78 Å². The van der Waals surface area contributed by atoms with Gasteiger partial charge in [-0.05, 0) is 52.2 Å². The lowest BCUT2D eigenvalue weighted by atomic mass is 10.1. The van der Waals surface area contributed by atoms with E-state index in [2.05, 4.69) is 0 Å². The van der Waals surface area contributed by atoms with Gasteiger partial charge in [-0.1, -0.05) is 19.1 Å². The first kappa shape index (κ1) is 19.4. The van der Waals surface area contributed by atoms with E-state index in [-0.39, 0.29) is 0 Å². The van der Waals surface area contributed by atoms with Crippen molar-refractivity contribution in [2.75, 3.05) is 21.1 Å². The molecular formula is C17H23N3O4. The van der Waals surface area contributed by atoms with Gasteiger partial charge in [-0.3, -0.25) is 14.6 Å². The maximum Gasteiger partial charge on any atom is 0.335 e. The van der Waals surface area contributed by atoms with Crippen LogP contribution in [0, 0.1) is 0 Å². The third kappa shape index (κ3) is 4.66. The summed E-state index contributed by atoms with van der Waals surface area (Å²) in [6, 6.07) is 6.89. The van der Waals surface area contributed by atoms with E-state index in [9.17, 15) is 19.5 Å². The molecule has 1 heterocycles. The van der Waals surface area contributed by atoms with Crippen LogP contribution >= 0.6 is 0 Å². The number of aryl methyl sites for hydroxylation is 1. The Labute approximate surface area is 140 Å². The van der Waals surface area contributed by atoms with Gasteiger partial charge in [0.05, 0.1) is 5.69 Å². The summed E-state index contributed by atoms with van der Waals surface area (Å²) >= 11 is 0. The van der Waals surface area contributed by atoms with Crippen molar-refractivity contribution < 1.29 is 9.90 Å². The summed E-state index contributed by atoms with van der Waals surface area (Å²) in [4.78, 5) is 38.8. The van der Waals surface area contributed by atoms with Crippen molar-refractivity contribution in [3.05, 3.63) is 56.2 Å². The number of H-pyrrole nitrogens is 1. The quantitative estimate of drug-likeness (QED) is 0.822. The van der Waals surface area contributed by atoms with Gasteiger partial charge in [0.25, 0.3) is 5.56 Å². The van der Waals surface area contributed by atoms with E-state index < -0.39 is 28.5 Å². The van der Waals surface area contributed by atoms with E-state index in [1.807, 2.05) is 38.0 Å². The van der Waals surface area contributed by atoms with Crippen LogP contribution in [0.2, 0.25) is 0 Å². The van der Waals surface area contributed by atoms with Gasteiger partial charge in [-0.15, -0.1) is 0 Å². The molecule has 0 unspecified atom stereocenters. The van der Waals surface area contributed by atoms with Crippen molar-refractivity contribution in [1.29, 1.82) is 0 Å². The smallest absolute Gasteiger partial charge is 0.335 e. The Bertz CT molecular complexity index is 814. The topological polar surface area (TPSA) is 95.4 Å². The van der Waals surface area contributed by atoms with E-state index >= 15 is 0 Å². The predicted molar refractivity (Wildman–Crippen MR) is 93.3 cm³/mol. The highest BCUT2D eigenvalue weighted by molar-refractivity contribution is 5.95. The third-order valence-corrected chi connectivity index (χ3v) is 3.04. The molecule has 0 saturated heterocycles. The van der Waals surface area contributed by atoms with Gasteiger partial charge >= 0.3 is 5.69 Å². The van der Waals surface area contributed by atoms with Gasteiger partial charge in [0, 0.05) is 0 Å². The lowest BCUT2D eigenvalue weighted by Gasteiger charge is -2.10. The zero-order chi connectivity index (χ0) is 18.4. The fourth-order valence-corrected chi connectivity index (χ4v) is 1.96. The van der Waals surface area contributed by atoms with E-state index in [1.54, 1.807) is 24.3 Å². The van der Waals surface area contributed by atoms with Crippen LogP contribution in [0.4, 0.5) is 0 Å². The molecule has 1 aromatic carbocycles. The summed E-state index contributed by atoms with van der Waals surface area (Å²) in [5.74, 6) is -1.25. The van der Waals surface area contributed by atoms with Crippen molar-refractivity contribution in [2.45, 2.75) is 20.3 Å². The Kier molecular flexibility index (Phi) is 6.67. The number of carbonyl (C=O) groups is 1. The van der Waals surface area contributed by atoms with Crippen LogP contribution in [0.25, 0.3) is 5.69 Å². The molecule has 0 aliphatic heterocycles. The van der Waals surface area contributed by atoms with Crippen LogP contribution in [0.5, 0.6) is 5.88 Å². The molecule has 7 heteroatoms. The van der Waals surface area contributed by atoms with Crippen molar-refractivity contribution in [1.82, 2.24) is 14.5 Å². The first-order chi connectivity index (χ1) is 11.2. The Hall–Kier alpha value is -2.67. The number of aromatic nitrogens is 2. The van der Waals surface area contributed by atoms with Gasteiger partial charge < -0.3 is 10.0 Å². The minimum atomic E-state index is -0.888. The lowest BCUT2D eigenvalue weighted by molar-refractivity contribution is 0.101. The number of hydrogen-bond donors (Lipinski definition) is 2. The second-order valence-corrected chi connectivity index (χ2v) is 5.71. The normalized spacial score (nSPS) is 10.2. The predicted octanol–water partition coefficient (Wildman–Crippen LogP) is 1.17. The van der Waals surface area contributed by atoms with Gasteiger partial charge in [-0.2, -0.15) is 0 Å². The molecule has 0 atom stereocenters. The molecule has 130 valence electrons. The largest absolute Gasteiger partial charge is 0.493 e. The molecule has 0 spiro atoms. The zero-order valence-corrected chi connectivity index (χ0v) is 14.6. The lowest BCUT2D eigenvalue weighted by Crippen LogP contribution is -2.32. The first-order valence-electron chi connectivity index (χ1n) is 7.48. The molecule has 0 aliphatic rings. The van der Waals surface area contributed by atoms with Gasteiger partial charge in [-0.25, -0.2) is 9.36 Å². The van der Waals surface area contributed by atoms with Gasteiger partial charge in [0.2, 0.25) is 5.88 Å². The van der Waals surface area contributed by atoms with E-state index in [0.717, 1.165) is 23.5 Å². The minimum absolute atomic E-state index is 0.378. The SMILES string of the molecule is CCc1ccc(-n2c(O)c(C(C)=O)c(=O)[nH]c2=O)cc1.CN(C)C. The first-order valence-corrected chi connectivity index (χ1v) is 7.48. The summed E-state index contributed by atoms with van der Waals surface area (Å²) in [5.41, 5.74) is -0.659. The molecule has 0 bridgehead atoms. The number of nitrogens with one attached hydrogen (secondary N) is 1. The van der Waals surface area contributed by atoms with Crippen LogP contribution in [-0.4, -0.2) is 46.5 Å². The number of aromatic hydroxyl groups is 1. The fourth-order valence-electron chi connectivity index (χ4n) is 1.96. The molecular weight excluding hydrogens is 310 g/mol. The number of rotatable bonds is 3. The molecule has 0 amide bonds. The second kappa shape index (κ2) is 8.26. The van der Waals surface area contributed by atoms with E-state index in [4.69, 9.17) is 0 Å². The highest BCUT2D eigenvalue weighted by Crippen LogP contribution is 2.17. The summed E-state index contributed by atoms with van der Waals surface area (Å²) in [6.07, 6.45) is 0.839. The summed E-state index contributed by atoms with van der Waals surface area (Å²) in [5, 5.41) is 10.0. The monoisotopic (exact) mass is 333 g/mol. The molecule has 2 N–H and O–H groups in total. The average molecular weight is 333 g/mol. The molecule has 2 aromatic rings. The number of Topliss-reactive ketones (excluding diaryl/α,β-unsaturated/α-hetero) is 1. The maximum absolute atomic E-state index is 11.8. The Balaban J connectivity index is 0.000000648. The molecule has 0 radical (unpaired) electrons. The van der Waals surface area contributed by atoms with Crippen molar-refractivity contribution in [3.8, 4) is 11.6 Å². The Morgan fingerprint density at radius 3 is 2.08 bits per heavy atom. The molecule has 24 heavy (non-hydrogen) atoms.